The number of esters is 1. The lowest BCUT2D eigenvalue weighted by atomic mass is 9.98. The van der Waals surface area contributed by atoms with Crippen LogP contribution in [-0.2, 0) is 9.53 Å². The van der Waals surface area contributed by atoms with Crippen LogP contribution in [0.3, 0.4) is 0 Å². The van der Waals surface area contributed by atoms with Crippen LogP contribution in [0.25, 0.3) is 0 Å². The monoisotopic (exact) mass is 378 g/mol. The van der Waals surface area contributed by atoms with Gasteiger partial charge in [-0.05, 0) is 29.8 Å². The minimum absolute atomic E-state index is 0.293. The molecule has 7 heteroatoms. The van der Waals surface area contributed by atoms with E-state index >= 15 is 0 Å². The highest BCUT2D eigenvalue weighted by Crippen LogP contribution is 2.32. The molecule has 2 aromatic carbocycles. The Kier molecular flexibility index (Phi) is 4.97. The van der Waals surface area contributed by atoms with E-state index in [2.05, 4.69) is 20.2 Å². The number of rotatable bonds is 5. The standard InChI is InChI=1S/C21H22N4O3/c1-14-23-18(20(26)28-14)19(15-6-4-3-5-7-15)25-13-12-22-21(25)24-16-8-10-17(27-2)11-9-16/h3-11,18-19H,12-13H2,1-2H3,(H,22,24)/t18-,19-/m1/s1. The molecule has 0 bridgehead atoms. The first-order chi connectivity index (χ1) is 13.7. The van der Waals surface area contributed by atoms with Gasteiger partial charge in [0, 0.05) is 19.2 Å². The van der Waals surface area contributed by atoms with Crippen molar-refractivity contribution in [1.82, 2.24) is 4.90 Å². The van der Waals surface area contributed by atoms with Crippen LogP contribution in [0, 0.1) is 0 Å². The predicted octanol–water partition coefficient (Wildman–Crippen LogP) is 2.86. The fourth-order valence-electron chi connectivity index (χ4n) is 3.51. The average molecular weight is 378 g/mol. The lowest BCUT2D eigenvalue weighted by molar-refractivity contribution is -0.136. The van der Waals surface area contributed by atoms with E-state index in [1.165, 1.54) is 0 Å². The normalized spacial score (nSPS) is 19.7. The molecule has 28 heavy (non-hydrogen) atoms. The second-order valence-corrected chi connectivity index (χ2v) is 6.62. The molecule has 0 amide bonds. The van der Waals surface area contributed by atoms with Crippen LogP contribution in [0.1, 0.15) is 18.5 Å². The molecule has 0 spiro atoms. The molecule has 0 fully saturated rings. The first-order valence-corrected chi connectivity index (χ1v) is 9.19. The molecule has 2 aliphatic heterocycles. The third-order valence-electron chi connectivity index (χ3n) is 4.81. The first kappa shape index (κ1) is 18.0. The summed E-state index contributed by atoms with van der Waals surface area (Å²) in [6.07, 6.45) is 0. The molecule has 1 N–H and O–H groups in total. The molecular weight excluding hydrogens is 356 g/mol. The Morgan fingerprint density at radius 3 is 2.57 bits per heavy atom. The van der Waals surface area contributed by atoms with Gasteiger partial charge < -0.3 is 19.7 Å². The number of carbonyl (C=O) groups excluding carboxylic acids is 1. The number of hydrogen-bond acceptors (Lipinski definition) is 7. The van der Waals surface area contributed by atoms with E-state index in [4.69, 9.17) is 9.47 Å². The third kappa shape index (κ3) is 3.55. The maximum Gasteiger partial charge on any atom is 0.339 e. The summed E-state index contributed by atoms with van der Waals surface area (Å²) in [6, 6.07) is 16.6. The van der Waals surface area contributed by atoms with Crippen molar-refractivity contribution in [2.24, 2.45) is 9.98 Å². The third-order valence-corrected chi connectivity index (χ3v) is 4.81. The summed E-state index contributed by atoms with van der Waals surface area (Å²) < 4.78 is 10.4. The molecule has 0 saturated heterocycles. The van der Waals surface area contributed by atoms with Gasteiger partial charge in [0.1, 0.15) is 5.75 Å². The number of benzene rings is 2. The van der Waals surface area contributed by atoms with E-state index < -0.39 is 6.04 Å². The predicted molar refractivity (Wildman–Crippen MR) is 108 cm³/mol. The molecular formula is C21H22N4O3. The summed E-state index contributed by atoms with van der Waals surface area (Å²) in [5, 5.41) is 3.36. The molecule has 0 saturated carbocycles. The number of ether oxygens (including phenoxy) is 2. The van der Waals surface area contributed by atoms with Gasteiger partial charge in [-0.25, -0.2) is 9.79 Å². The molecule has 7 nitrogen and oxygen atoms in total. The maximum atomic E-state index is 12.5. The maximum absolute atomic E-state index is 12.5. The van der Waals surface area contributed by atoms with Crippen molar-refractivity contribution in [3.63, 3.8) is 0 Å². The quantitative estimate of drug-likeness (QED) is 0.810. The molecule has 0 unspecified atom stereocenters. The number of hydrogen-bond donors (Lipinski definition) is 1. The van der Waals surface area contributed by atoms with Gasteiger partial charge in [-0.2, -0.15) is 0 Å². The fourth-order valence-corrected chi connectivity index (χ4v) is 3.51. The van der Waals surface area contributed by atoms with Gasteiger partial charge in [-0.3, -0.25) is 4.99 Å². The number of nitrogens with one attached hydrogen (secondary N) is 1. The molecule has 2 aromatic rings. The highest BCUT2D eigenvalue weighted by Gasteiger charge is 2.41. The van der Waals surface area contributed by atoms with E-state index in [9.17, 15) is 4.79 Å². The number of cyclic esters (lactones) is 1. The average Bonchev–Trinajstić information content (AvgIpc) is 3.30. The Labute approximate surface area is 163 Å². The van der Waals surface area contributed by atoms with Crippen molar-refractivity contribution in [1.29, 1.82) is 0 Å². The van der Waals surface area contributed by atoms with Gasteiger partial charge in [0.25, 0.3) is 0 Å². The number of guanidine groups is 1. The zero-order chi connectivity index (χ0) is 19.5. The highest BCUT2D eigenvalue weighted by atomic mass is 16.6. The molecule has 0 aromatic heterocycles. The smallest absolute Gasteiger partial charge is 0.339 e. The van der Waals surface area contributed by atoms with Crippen LogP contribution < -0.4 is 10.1 Å². The SMILES string of the molecule is COc1ccc(NC2=NCCN2[C@H](c2ccccc2)[C@H]2N=C(C)OC2=O)cc1. The van der Waals surface area contributed by atoms with Crippen LogP contribution in [-0.4, -0.2) is 49.0 Å². The Morgan fingerprint density at radius 1 is 1.18 bits per heavy atom. The number of methoxy groups -OCH3 is 1. The summed E-state index contributed by atoms with van der Waals surface area (Å²) in [6.45, 7) is 3.04. The van der Waals surface area contributed by atoms with Crippen molar-refractivity contribution in [3.8, 4) is 5.75 Å². The Balaban J connectivity index is 1.63. The minimum Gasteiger partial charge on any atom is -0.497 e. The van der Waals surface area contributed by atoms with Gasteiger partial charge in [0.15, 0.2) is 17.9 Å². The van der Waals surface area contributed by atoms with Crippen molar-refractivity contribution < 1.29 is 14.3 Å². The number of nitrogens with zero attached hydrogens (tertiary/aromatic N) is 3. The van der Waals surface area contributed by atoms with Gasteiger partial charge in [0.05, 0.1) is 19.7 Å². The van der Waals surface area contributed by atoms with Gasteiger partial charge in [-0.15, -0.1) is 0 Å². The van der Waals surface area contributed by atoms with Crippen LogP contribution in [0.2, 0.25) is 0 Å². The summed E-state index contributed by atoms with van der Waals surface area (Å²) in [4.78, 5) is 23.6. The van der Waals surface area contributed by atoms with E-state index in [-0.39, 0.29) is 12.0 Å². The summed E-state index contributed by atoms with van der Waals surface area (Å²) in [5.74, 6) is 1.57. The number of anilines is 1. The molecule has 0 aliphatic carbocycles. The zero-order valence-corrected chi connectivity index (χ0v) is 15.8. The van der Waals surface area contributed by atoms with Crippen LogP contribution in [0.4, 0.5) is 5.69 Å². The molecule has 2 aliphatic rings. The largest absolute Gasteiger partial charge is 0.497 e. The molecule has 144 valence electrons. The minimum atomic E-state index is -0.622. The lowest BCUT2D eigenvalue weighted by Crippen LogP contribution is -2.43. The zero-order valence-electron chi connectivity index (χ0n) is 15.8. The van der Waals surface area contributed by atoms with E-state index in [1.54, 1.807) is 14.0 Å². The molecule has 2 atom stereocenters. The Hall–Kier alpha value is -3.35. The second kappa shape index (κ2) is 7.72. The van der Waals surface area contributed by atoms with E-state index in [0.29, 0.717) is 24.9 Å². The van der Waals surface area contributed by atoms with Gasteiger partial charge in [-0.1, -0.05) is 30.3 Å². The lowest BCUT2D eigenvalue weighted by Gasteiger charge is -2.32. The topological polar surface area (TPSA) is 75.5 Å². The van der Waals surface area contributed by atoms with Crippen molar-refractivity contribution in [2.45, 2.75) is 19.0 Å². The number of aliphatic imine (C=N–C) groups is 2. The molecule has 4 rings (SSSR count). The summed E-state index contributed by atoms with van der Waals surface area (Å²) in [5.41, 5.74) is 1.89. The Morgan fingerprint density at radius 2 is 1.93 bits per heavy atom. The Bertz CT molecular complexity index is 909. The van der Waals surface area contributed by atoms with Crippen molar-refractivity contribution >= 4 is 23.5 Å². The fraction of sp³-hybridized carbons (Fsp3) is 0.286. The van der Waals surface area contributed by atoms with Crippen molar-refractivity contribution in [2.75, 3.05) is 25.5 Å². The van der Waals surface area contributed by atoms with Crippen LogP contribution in [0.15, 0.2) is 64.6 Å². The summed E-state index contributed by atoms with van der Waals surface area (Å²) in [7, 11) is 1.64. The summed E-state index contributed by atoms with van der Waals surface area (Å²) >= 11 is 0. The van der Waals surface area contributed by atoms with E-state index in [1.807, 2.05) is 54.6 Å². The molecule has 0 radical (unpaired) electrons. The van der Waals surface area contributed by atoms with E-state index in [0.717, 1.165) is 17.0 Å². The van der Waals surface area contributed by atoms with Crippen LogP contribution in [0.5, 0.6) is 5.75 Å². The van der Waals surface area contributed by atoms with Gasteiger partial charge >= 0.3 is 5.97 Å². The number of carbonyl (C=O) groups is 1. The van der Waals surface area contributed by atoms with Crippen molar-refractivity contribution in [3.05, 3.63) is 60.2 Å². The first-order valence-electron chi connectivity index (χ1n) is 9.19. The highest BCUT2D eigenvalue weighted by molar-refractivity contribution is 5.98. The van der Waals surface area contributed by atoms with Gasteiger partial charge in [0.2, 0.25) is 0 Å². The van der Waals surface area contributed by atoms with Crippen LogP contribution >= 0.6 is 0 Å². The molecule has 2 heterocycles. The second-order valence-electron chi connectivity index (χ2n) is 6.62.